The lowest BCUT2D eigenvalue weighted by Crippen LogP contribution is -2.06. The summed E-state index contributed by atoms with van der Waals surface area (Å²) in [4.78, 5) is 4.37. The van der Waals surface area contributed by atoms with Gasteiger partial charge in [-0.3, -0.25) is 4.98 Å². The van der Waals surface area contributed by atoms with E-state index in [2.05, 4.69) is 23.3 Å². The lowest BCUT2D eigenvalue weighted by Gasteiger charge is -2.12. The maximum atomic E-state index is 5.98. The quantitative estimate of drug-likeness (QED) is 0.833. The van der Waals surface area contributed by atoms with Crippen molar-refractivity contribution in [3.8, 4) is 0 Å². The molecule has 0 saturated carbocycles. The molecule has 1 aromatic carbocycles. The van der Waals surface area contributed by atoms with Gasteiger partial charge in [0, 0.05) is 6.20 Å². The number of aryl methyl sites for hydroxylation is 1. The highest BCUT2D eigenvalue weighted by atomic mass is 35.5. The average Bonchev–Trinajstić information content (AvgIpc) is 2.41. The lowest BCUT2D eigenvalue weighted by atomic mass is 10.1. The highest BCUT2D eigenvalue weighted by Crippen LogP contribution is 2.30. The fourth-order valence-corrected chi connectivity index (χ4v) is 2.18. The minimum atomic E-state index is 0.455. The number of nitrogens with zero attached hydrogens (tertiary/aromatic N) is 1. The molecule has 0 fully saturated rings. The SMILES string of the molecule is CCc1cccnc1CNc1cc(Cl)c(Cl)cc1N. The zero-order valence-corrected chi connectivity index (χ0v) is 12.1. The number of anilines is 2. The molecule has 3 nitrogen and oxygen atoms in total. The summed E-state index contributed by atoms with van der Waals surface area (Å²) in [6.07, 6.45) is 2.73. The number of rotatable bonds is 4. The van der Waals surface area contributed by atoms with E-state index in [1.54, 1.807) is 18.3 Å². The molecule has 0 amide bonds. The van der Waals surface area contributed by atoms with Crippen LogP contribution in [0.1, 0.15) is 18.2 Å². The number of aromatic nitrogens is 1. The van der Waals surface area contributed by atoms with Crippen LogP contribution in [0.3, 0.4) is 0 Å². The van der Waals surface area contributed by atoms with Crippen LogP contribution in [0.4, 0.5) is 11.4 Å². The predicted molar refractivity (Wildman–Crippen MR) is 81.8 cm³/mol. The first-order valence-electron chi connectivity index (χ1n) is 6.03. The van der Waals surface area contributed by atoms with Crippen LogP contribution in [-0.4, -0.2) is 4.98 Å². The minimum absolute atomic E-state index is 0.455. The molecule has 3 N–H and O–H groups in total. The molecule has 0 radical (unpaired) electrons. The van der Waals surface area contributed by atoms with Gasteiger partial charge in [-0.1, -0.05) is 36.2 Å². The third-order valence-corrected chi connectivity index (χ3v) is 3.63. The Kier molecular flexibility index (Phi) is 4.51. The Balaban J connectivity index is 2.17. The zero-order valence-electron chi connectivity index (χ0n) is 10.6. The van der Waals surface area contributed by atoms with Crippen LogP contribution in [0.5, 0.6) is 0 Å². The molecule has 0 aliphatic rings. The molecule has 0 atom stereocenters. The summed E-state index contributed by atoms with van der Waals surface area (Å²) in [7, 11) is 0. The standard InChI is InChI=1S/C14H15Cl2N3/c1-2-9-4-3-5-18-14(9)8-19-13-7-11(16)10(15)6-12(13)17/h3-7,19H,2,8,17H2,1H3. The fraction of sp³-hybridized carbons (Fsp3) is 0.214. The van der Waals surface area contributed by atoms with E-state index in [-0.39, 0.29) is 0 Å². The molecule has 2 aromatic rings. The molecule has 0 saturated heterocycles. The maximum absolute atomic E-state index is 5.98. The topological polar surface area (TPSA) is 50.9 Å². The molecule has 0 aliphatic carbocycles. The molecule has 0 unspecified atom stereocenters. The summed E-state index contributed by atoms with van der Waals surface area (Å²) < 4.78 is 0. The molecule has 0 spiro atoms. The average molecular weight is 296 g/mol. The van der Waals surface area contributed by atoms with Crippen molar-refractivity contribution < 1.29 is 0 Å². The molecular weight excluding hydrogens is 281 g/mol. The van der Waals surface area contributed by atoms with E-state index in [1.807, 2.05) is 6.07 Å². The summed E-state index contributed by atoms with van der Waals surface area (Å²) >= 11 is 11.9. The molecule has 19 heavy (non-hydrogen) atoms. The van der Waals surface area contributed by atoms with E-state index in [0.29, 0.717) is 22.3 Å². The van der Waals surface area contributed by atoms with E-state index in [0.717, 1.165) is 17.8 Å². The van der Waals surface area contributed by atoms with Crippen LogP contribution >= 0.6 is 23.2 Å². The number of nitrogen functional groups attached to an aromatic ring is 1. The summed E-state index contributed by atoms with van der Waals surface area (Å²) in [5.41, 5.74) is 9.46. The molecule has 0 aliphatic heterocycles. The number of nitrogens with one attached hydrogen (secondary N) is 1. The van der Waals surface area contributed by atoms with Gasteiger partial charge in [-0.05, 0) is 30.2 Å². The Morgan fingerprint density at radius 3 is 2.74 bits per heavy atom. The van der Waals surface area contributed by atoms with Gasteiger partial charge in [0.25, 0.3) is 0 Å². The minimum Gasteiger partial charge on any atom is -0.397 e. The van der Waals surface area contributed by atoms with Crippen LogP contribution < -0.4 is 11.1 Å². The first-order chi connectivity index (χ1) is 9.11. The third kappa shape index (κ3) is 3.31. The van der Waals surface area contributed by atoms with Crippen molar-refractivity contribution in [2.75, 3.05) is 11.1 Å². The van der Waals surface area contributed by atoms with E-state index >= 15 is 0 Å². The van der Waals surface area contributed by atoms with Gasteiger partial charge in [-0.15, -0.1) is 0 Å². The Labute approximate surface area is 122 Å². The molecule has 5 heteroatoms. The van der Waals surface area contributed by atoms with Crippen molar-refractivity contribution in [3.05, 3.63) is 51.8 Å². The molecule has 100 valence electrons. The number of hydrogen-bond donors (Lipinski definition) is 2. The number of benzene rings is 1. The lowest BCUT2D eigenvalue weighted by molar-refractivity contribution is 0.972. The maximum Gasteiger partial charge on any atom is 0.0626 e. The van der Waals surface area contributed by atoms with Crippen molar-refractivity contribution in [1.82, 2.24) is 4.98 Å². The summed E-state index contributed by atoms with van der Waals surface area (Å²) in [5, 5.41) is 4.18. The van der Waals surface area contributed by atoms with E-state index in [9.17, 15) is 0 Å². The number of hydrogen-bond acceptors (Lipinski definition) is 3. The largest absolute Gasteiger partial charge is 0.397 e. The zero-order chi connectivity index (χ0) is 13.8. The van der Waals surface area contributed by atoms with Gasteiger partial charge in [0.15, 0.2) is 0 Å². The van der Waals surface area contributed by atoms with Crippen LogP contribution in [0.15, 0.2) is 30.5 Å². The van der Waals surface area contributed by atoms with Crippen LogP contribution in [-0.2, 0) is 13.0 Å². The molecule has 1 heterocycles. The van der Waals surface area contributed by atoms with Crippen LogP contribution in [0, 0.1) is 0 Å². The monoisotopic (exact) mass is 295 g/mol. The van der Waals surface area contributed by atoms with Crippen LogP contribution in [0.25, 0.3) is 0 Å². The van der Waals surface area contributed by atoms with Gasteiger partial charge in [-0.25, -0.2) is 0 Å². The summed E-state index contributed by atoms with van der Waals surface area (Å²) in [6.45, 7) is 2.71. The van der Waals surface area contributed by atoms with Crippen molar-refractivity contribution in [1.29, 1.82) is 0 Å². The fourth-order valence-electron chi connectivity index (χ4n) is 1.85. The Bertz CT molecular complexity index is 585. The van der Waals surface area contributed by atoms with Gasteiger partial charge >= 0.3 is 0 Å². The van der Waals surface area contributed by atoms with Gasteiger partial charge in [-0.2, -0.15) is 0 Å². The Morgan fingerprint density at radius 1 is 1.26 bits per heavy atom. The second kappa shape index (κ2) is 6.13. The predicted octanol–water partition coefficient (Wildman–Crippen LogP) is 4.15. The number of pyridine rings is 1. The third-order valence-electron chi connectivity index (χ3n) is 2.90. The number of nitrogens with two attached hydrogens (primary N) is 1. The normalized spacial score (nSPS) is 10.5. The molecule has 1 aromatic heterocycles. The Hall–Kier alpha value is -1.45. The highest BCUT2D eigenvalue weighted by Gasteiger charge is 2.06. The summed E-state index contributed by atoms with van der Waals surface area (Å²) in [5.74, 6) is 0. The van der Waals surface area contributed by atoms with Crippen molar-refractivity contribution in [2.24, 2.45) is 0 Å². The van der Waals surface area contributed by atoms with E-state index < -0.39 is 0 Å². The molecule has 2 rings (SSSR count). The van der Waals surface area contributed by atoms with Crippen molar-refractivity contribution in [2.45, 2.75) is 19.9 Å². The van der Waals surface area contributed by atoms with Gasteiger partial charge < -0.3 is 11.1 Å². The van der Waals surface area contributed by atoms with Crippen molar-refractivity contribution >= 4 is 34.6 Å². The second-order valence-corrected chi connectivity index (χ2v) is 4.98. The number of halogens is 2. The van der Waals surface area contributed by atoms with Crippen molar-refractivity contribution in [3.63, 3.8) is 0 Å². The van der Waals surface area contributed by atoms with Crippen LogP contribution in [0.2, 0.25) is 10.0 Å². The molecular formula is C14H15Cl2N3. The second-order valence-electron chi connectivity index (χ2n) is 4.17. The smallest absolute Gasteiger partial charge is 0.0626 e. The molecule has 0 bridgehead atoms. The first-order valence-corrected chi connectivity index (χ1v) is 6.78. The van der Waals surface area contributed by atoms with Gasteiger partial charge in [0.05, 0.1) is 33.7 Å². The Morgan fingerprint density at radius 2 is 2.00 bits per heavy atom. The first kappa shape index (κ1) is 14.0. The van der Waals surface area contributed by atoms with Gasteiger partial charge in [0.2, 0.25) is 0 Å². The summed E-state index contributed by atoms with van der Waals surface area (Å²) in [6, 6.07) is 7.39. The van der Waals surface area contributed by atoms with Gasteiger partial charge in [0.1, 0.15) is 0 Å². The van der Waals surface area contributed by atoms with E-state index in [1.165, 1.54) is 5.56 Å². The van der Waals surface area contributed by atoms with E-state index in [4.69, 9.17) is 28.9 Å². The highest BCUT2D eigenvalue weighted by molar-refractivity contribution is 6.42.